The number of carbonyl (C=O) groups excluding carboxylic acids is 3. The lowest BCUT2D eigenvalue weighted by atomic mass is 9.96. The van der Waals surface area contributed by atoms with Crippen LogP contribution in [0.2, 0.25) is 0 Å². The van der Waals surface area contributed by atoms with Crippen molar-refractivity contribution >= 4 is 17.7 Å². The highest BCUT2D eigenvalue weighted by molar-refractivity contribution is 6.01. The van der Waals surface area contributed by atoms with Gasteiger partial charge in [-0.25, -0.2) is 0 Å². The van der Waals surface area contributed by atoms with E-state index in [0.717, 1.165) is 22.3 Å². The molecule has 0 fully saturated rings. The van der Waals surface area contributed by atoms with E-state index >= 15 is 0 Å². The highest BCUT2D eigenvalue weighted by atomic mass is 16.5. The van der Waals surface area contributed by atoms with E-state index in [1.807, 2.05) is 63.2 Å². The third-order valence-electron chi connectivity index (χ3n) is 4.64. The smallest absolute Gasteiger partial charge is 0.308 e. The maximum atomic E-state index is 12.6. The van der Waals surface area contributed by atoms with Crippen LogP contribution in [0.3, 0.4) is 0 Å². The Morgan fingerprint density at radius 2 is 1.61 bits per heavy atom. The van der Waals surface area contributed by atoms with Crippen molar-refractivity contribution in [3.8, 4) is 0 Å². The van der Waals surface area contributed by atoms with E-state index in [1.54, 1.807) is 6.92 Å². The average molecular weight is 381 g/mol. The Labute approximate surface area is 166 Å². The molecular weight excluding hydrogens is 354 g/mol. The van der Waals surface area contributed by atoms with Crippen LogP contribution in [-0.2, 0) is 20.7 Å². The number of hydrogen-bond acceptors (Lipinski definition) is 4. The summed E-state index contributed by atoms with van der Waals surface area (Å²) in [6.45, 7) is 7.56. The minimum absolute atomic E-state index is 0.0179. The predicted molar refractivity (Wildman–Crippen MR) is 108 cm³/mol. The van der Waals surface area contributed by atoms with Crippen molar-refractivity contribution in [2.24, 2.45) is 0 Å². The molecule has 28 heavy (non-hydrogen) atoms. The first-order valence-electron chi connectivity index (χ1n) is 9.40. The molecule has 0 saturated carbocycles. The molecule has 5 heteroatoms. The molecule has 1 N–H and O–H groups in total. The van der Waals surface area contributed by atoms with Crippen LogP contribution in [0.1, 0.15) is 46.0 Å². The fourth-order valence-electron chi connectivity index (χ4n) is 2.90. The molecule has 1 atom stereocenters. The molecule has 0 spiro atoms. The molecule has 0 saturated heterocycles. The Morgan fingerprint density at radius 3 is 2.29 bits per heavy atom. The second-order valence-electron chi connectivity index (χ2n) is 7.01. The molecule has 1 unspecified atom stereocenters. The van der Waals surface area contributed by atoms with Gasteiger partial charge in [-0.2, -0.15) is 0 Å². The van der Waals surface area contributed by atoms with Crippen LogP contribution in [0, 0.1) is 20.8 Å². The molecule has 148 valence electrons. The van der Waals surface area contributed by atoms with Gasteiger partial charge in [0.15, 0.2) is 6.10 Å². The number of rotatable bonds is 8. The van der Waals surface area contributed by atoms with Crippen LogP contribution in [-0.4, -0.2) is 30.3 Å². The standard InChI is InChI=1S/C23H27NO4/c1-15-12-17(3)20(13-16(15)2)23(27)18(4)28-22(26)10-11-24-21(25)14-19-8-6-5-7-9-19/h5-9,12-13,18H,10-11,14H2,1-4H3,(H,24,25). The fraction of sp³-hybridized carbons (Fsp3) is 0.348. The number of benzene rings is 2. The summed E-state index contributed by atoms with van der Waals surface area (Å²) in [5.74, 6) is -0.890. The third-order valence-corrected chi connectivity index (χ3v) is 4.64. The summed E-state index contributed by atoms with van der Waals surface area (Å²) in [6, 6.07) is 13.2. The number of ketones is 1. The molecular formula is C23H27NO4. The maximum absolute atomic E-state index is 12.6. The maximum Gasteiger partial charge on any atom is 0.308 e. The van der Waals surface area contributed by atoms with Gasteiger partial charge in [0.1, 0.15) is 0 Å². The summed E-state index contributed by atoms with van der Waals surface area (Å²) in [7, 11) is 0. The molecule has 0 aliphatic rings. The first kappa shape index (κ1) is 21.4. The van der Waals surface area contributed by atoms with Crippen molar-refractivity contribution in [3.63, 3.8) is 0 Å². The summed E-state index contributed by atoms with van der Waals surface area (Å²) in [4.78, 5) is 36.5. The molecule has 0 aliphatic heterocycles. The van der Waals surface area contributed by atoms with Gasteiger partial charge < -0.3 is 10.1 Å². The van der Waals surface area contributed by atoms with E-state index in [4.69, 9.17) is 4.74 Å². The lowest BCUT2D eigenvalue weighted by Gasteiger charge is -2.15. The minimum atomic E-state index is -0.867. The zero-order valence-corrected chi connectivity index (χ0v) is 16.9. The number of hydrogen-bond donors (Lipinski definition) is 1. The number of esters is 1. The number of nitrogens with one attached hydrogen (secondary N) is 1. The van der Waals surface area contributed by atoms with Crippen LogP contribution in [0.25, 0.3) is 0 Å². The van der Waals surface area contributed by atoms with Gasteiger partial charge in [-0.05, 0) is 56.0 Å². The van der Waals surface area contributed by atoms with E-state index in [0.29, 0.717) is 5.56 Å². The zero-order valence-electron chi connectivity index (χ0n) is 16.9. The topological polar surface area (TPSA) is 72.5 Å². The molecule has 0 radical (unpaired) electrons. The fourth-order valence-corrected chi connectivity index (χ4v) is 2.90. The summed E-state index contributed by atoms with van der Waals surface area (Å²) in [5, 5.41) is 2.69. The van der Waals surface area contributed by atoms with Gasteiger partial charge in [-0.1, -0.05) is 36.4 Å². The van der Waals surface area contributed by atoms with Crippen LogP contribution < -0.4 is 5.32 Å². The minimum Gasteiger partial charge on any atom is -0.454 e. The molecule has 0 aliphatic carbocycles. The summed E-state index contributed by atoms with van der Waals surface area (Å²) in [5.41, 5.74) is 4.48. The molecule has 5 nitrogen and oxygen atoms in total. The van der Waals surface area contributed by atoms with Gasteiger partial charge in [-0.15, -0.1) is 0 Å². The quantitative estimate of drug-likeness (QED) is 0.561. The molecule has 0 bridgehead atoms. The van der Waals surface area contributed by atoms with Crippen molar-refractivity contribution < 1.29 is 19.1 Å². The van der Waals surface area contributed by atoms with Crippen molar-refractivity contribution in [1.29, 1.82) is 0 Å². The summed E-state index contributed by atoms with van der Waals surface area (Å²) in [6.07, 6.45) is -0.589. The highest BCUT2D eigenvalue weighted by Crippen LogP contribution is 2.18. The number of Topliss-reactive ketones (excluding diaryl/α,β-unsaturated/α-hetero) is 1. The van der Waals surface area contributed by atoms with Crippen LogP contribution >= 0.6 is 0 Å². The predicted octanol–water partition coefficient (Wildman–Crippen LogP) is 3.48. The average Bonchev–Trinajstić information content (AvgIpc) is 2.64. The van der Waals surface area contributed by atoms with Crippen LogP contribution in [0.5, 0.6) is 0 Å². The van der Waals surface area contributed by atoms with E-state index in [2.05, 4.69) is 5.32 Å². The molecule has 2 aromatic rings. The van der Waals surface area contributed by atoms with Gasteiger partial charge in [0.05, 0.1) is 12.8 Å². The highest BCUT2D eigenvalue weighted by Gasteiger charge is 2.21. The molecule has 0 aromatic heterocycles. The molecule has 2 rings (SSSR count). The monoisotopic (exact) mass is 381 g/mol. The Morgan fingerprint density at radius 1 is 0.964 bits per heavy atom. The number of carbonyl (C=O) groups is 3. The van der Waals surface area contributed by atoms with Gasteiger partial charge in [0.25, 0.3) is 0 Å². The second-order valence-corrected chi connectivity index (χ2v) is 7.01. The second kappa shape index (κ2) is 9.83. The largest absolute Gasteiger partial charge is 0.454 e. The molecule has 1 amide bonds. The first-order valence-corrected chi connectivity index (χ1v) is 9.40. The normalized spacial score (nSPS) is 11.6. The number of ether oxygens (including phenoxy) is 1. The lowest BCUT2D eigenvalue weighted by molar-refractivity contribution is -0.146. The van der Waals surface area contributed by atoms with Crippen molar-refractivity contribution in [2.45, 2.75) is 46.6 Å². The Hall–Kier alpha value is -2.95. The van der Waals surface area contributed by atoms with Crippen molar-refractivity contribution in [2.75, 3.05) is 6.54 Å². The van der Waals surface area contributed by atoms with E-state index in [-0.39, 0.29) is 31.1 Å². The molecule has 2 aromatic carbocycles. The van der Waals surface area contributed by atoms with E-state index < -0.39 is 12.1 Å². The summed E-state index contributed by atoms with van der Waals surface area (Å²) < 4.78 is 5.25. The first-order chi connectivity index (χ1) is 13.3. The third kappa shape index (κ3) is 6.05. The molecule has 0 heterocycles. The van der Waals surface area contributed by atoms with Gasteiger partial charge >= 0.3 is 5.97 Å². The van der Waals surface area contributed by atoms with Gasteiger partial charge in [0, 0.05) is 12.1 Å². The number of aryl methyl sites for hydroxylation is 3. The van der Waals surface area contributed by atoms with Crippen LogP contribution in [0.15, 0.2) is 42.5 Å². The van der Waals surface area contributed by atoms with Crippen molar-refractivity contribution in [1.82, 2.24) is 5.32 Å². The van der Waals surface area contributed by atoms with Crippen molar-refractivity contribution in [3.05, 3.63) is 70.3 Å². The van der Waals surface area contributed by atoms with Gasteiger partial charge in [-0.3, -0.25) is 14.4 Å². The lowest BCUT2D eigenvalue weighted by Crippen LogP contribution is -2.30. The van der Waals surface area contributed by atoms with E-state index in [1.165, 1.54) is 0 Å². The summed E-state index contributed by atoms with van der Waals surface area (Å²) >= 11 is 0. The van der Waals surface area contributed by atoms with Gasteiger partial charge in [0.2, 0.25) is 11.7 Å². The number of amides is 1. The Kier molecular flexibility index (Phi) is 7.50. The Balaban J connectivity index is 1.80. The van der Waals surface area contributed by atoms with E-state index in [9.17, 15) is 14.4 Å². The zero-order chi connectivity index (χ0) is 20.7. The Bertz CT molecular complexity index is 858. The SMILES string of the molecule is Cc1cc(C)c(C(=O)C(C)OC(=O)CCNC(=O)Cc2ccccc2)cc1C. The van der Waals surface area contributed by atoms with Crippen LogP contribution in [0.4, 0.5) is 0 Å².